The van der Waals surface area contributed by atoms with Gasteiger partial charge >= 0.3 is 0 Å². The first kappa shape index (κ1) is 24.5. The molecule has 7 N–H and O–H groups in total. The molecule has 0 aliphatic rings. The molecule has 1 aromatic heterocycles. The minimum atomic E-state index is 0.429. The Bertz CT molecular complexity index is 803. The topological polar surface area (TPSA) is 149 Å². The van der Waals surface area contributed by atoms with E-state index in [2.05, 4.69) is 38.6 Å². The maximum absolute atomic E-state index is 8.78. The molecule has 2 aromatic carbocycles. The first-order valence-electron chi connectivity index (χ1n) is 8.40. The summed E-state index contributed by atoms with van der Waals surface area (Å²) in [6, 6.07) is 20.2. The maximum atomic E-state index is 8.78. The van der Waals surface area contributed by atoms with Crippen LogP contribution in [0.3, 0.4) is 0 Å². The Morgan fingerprint density at radius 2 is 1.46 bits per heavy atom. The highest BCUT2D eigenvalue weighted by molar-refractivity contribution is 5.55. The van der Waals surface area contributed by atoms with Gasteiger partial charge in [-0.05, 0) is 57.5 Å². The Kier molecular flexibility index (Phi) is 13.8. The maximum Gasteiger partial charge on any atom is 0.230 e. The van der Waals surface area contributed by atoms with Crippen molar-refractivity contribution >= 4 is 11.6 Å². The third kappa shape index (κ3) is 8.73. The van der Waals surface area contributed by atoms with Crippen LogP contribution in [0.15, 0.2) is 66.9 Å². The molecule has 0 bridgehead atoms. The lowest BCUT2D eigenvalue weighted by Gasteiger charge is -2.07. The highest BCUT2D eigenvalue weighted by Crippen LogP contribution is 2.20. The van der Waals surface area contributed by atoms with Crippen LogP contribution in [0.2, 0.25) is 0 Å². The van der Waals surface area contributed by atoms with Crippen molar-refractivity contribution in [3.8, 4) is 17.7 Å². The van der Waals surface area contributed by atoms with Crippen LogP contribution in [-0.4, -0.2) is 31.1 Å². The van der Waals surface area contributed by atoms with E-state index in [-0.39, 0.29) is 0 Å². The summed E-state index contributed by atoms with van der Waals surface area (Å²) in [6.45, 7) is 0. The van der Waals surface area contributed by atoms with Gasteiger partial charge in [-0.2, -0.15) is 10.2 Å². The summed E-state index contributed by atoms with van der Waals surface area (Å²) in [7, 11) is 4.50. The smallest absolute Gasteiger partial charge is 0.230 e. The van der Waals surface area contributed by atoms with E-state index < -0.39 is 0 Å². The second kappa shape index (κ2) is 15.7. The summed E-state index contributed by atoms with van der Waals surface area (Å²) in [5.74, 6) is 1.60. The molecule has 3 rings (SSSR count). The molecule has 0 aliphatic heterocycles. The minimum absolute atomic E-state index is 0.429. The van der Waals surface area contributed by atoms with Crippen LogP contribution in [0.5, 0.6) is 11.6 Å². The van der Waals surface area contributed by atoms with Gasteiger partial charge in [-0.15, -0.1) is 0 Å². The van der Waals surface area contributed by atoms with Gasteiger partial charge in [0.1, 0.15) is 5.75 Å². The lowest BCUT2D eigenvalue weighted by atomic mass is 10.2. The average molecular weight is 381 g/mol. The number of benzene rings is 2. The van der Waals surface area contributed by atoms with E-state index in [0.29, 0.717) is 23.1 Å². The largest absolute Gasteiger partial charge is 0.439 e. The van der Waals surface area contributed by atoms with Crippen LogP contribution in [0, 0.1) is 11.3 Å². The molecule has 0 aliphatic carbocycles. The molecule has 1 heterocycles. The lowest BCUT2D eigenvalue weighted by molar-refractivity contribution is 0.462. The van der Waals surface area contributed by atoms with E-state index >= 15 is 0 Å². The summed E-state index contributed by atoms with van der Waals surface area (Å²) in [5.41, 5.74) is 14.9. The van der Waals surface area contributed by atoms with Gasteiger partial charge in [-0.25, -0.2) is 4.98 Å². The highest BCUT2D eigenvalue weighted by Gasteiger charge is 2.02. The van der Waals surface area contributed by atoms with Gasteiger partial charge in [0.15, 0.2) is 0 Å². The normalized spacial score (nSPS) is 8.32. The fraction of sp³-hybridized carbons (Fsp3) is 0.150. The Morgan fingerprint density at radius 1 is 0.857 bits per heavy atom. The number of nitrogens with two attached hydrogens (primary N) is 3. The standard InChI is InChI=1S/C17H12N4O.3CH5N/c18-12-13-6-8-14(9-7-13)20-17-19-11-10-16(21-17)22-15-4-2-1-3-5-15;3*1-2/h1-11H,(H,19,20,21);3*2H2,1H3. The van der Waals surface area contributed by atoms with Gasteiger partial charge in [0, 0.05) is 18.0 Å². The number of anilines is 2. The number of para-hydroxylation sites is 1. The zero-order valence-electron chi connectivity index (χ0n) is 16.3. The molecule has 0 saturated carbocycles. The molecular weight excluding hydrogens is 354 g/mol. The molecule has 0 amide bonds. The summed E-state index contributed by atoms with van der Waals surface area (Å²) < 4.78 is 5.66. The summed E-state index contributed by atoms with van der Waals surface area (Å²) >= 11 is 0. The fourth-order valence-electron chi connectivity index (χ4n) is 1.83. The number of nitrogens with zero attached hydrogens (tertiary/aromatic N) is 3. The molecule has 0 atom stereocenters. The predicted molar refractivity (Wildman–Crippen MR) is 113 cm³/mol. The third-order valence-electron chi connectivity index (χ3n) is 2.87. The number of hydrogen-bond acceptors (Lipinski definition) is 8. The Balaban J connectivity index is 0.00000111. The van der Waals surface area contributed by atoms with Crippen molar-refractivity contribution < 1.29 is 4.74 Å². The summed E-state index contributed by atoms with van der Waals surface area (Å²) in [4.78, 5) is 8.45. The van der Waals surface area contributed by atoms with Crippen molar-refractivity contribution in [1.29, 1.82) is 5.26 Å². The van der Waals surface area contributed by atoms with Crippen molar-refractivity contribution in [2.45, 2.75) is 0 Å². The molecule has 3 aromatic rings. The number of hydrogen-bond donors (Lipinski definition) is 4. The van der Waals surface area contributed by atoms with Crippen molar-refractivity contribution in [2.24, 2.45) is 17.2 Å². The second-order valence-electron chi connectivity index (χ2n) is 4.45. The van der Waals surface area contributed by atoms with Gasteiger partial charge in [0.05, 0.1) is 11.6 Å². The monoisotopic (exact) mass is 381 g/mol. The van der Waals surface area contributed by atoms with Gasteiger partial charge in [-0.1, -0.05) is 18.2 Å². The van der Waals surface area contributed by atoms with Crippen molar-refractivity contribution in [1.82, 2.24) is 9.97 Å². The first-order valence-corrected chi connectivity index (χ1v) is 8.40. The van der Waals surface area contributed by atoms with Crippen LogP contribution in [-0.2, 0) is 0 Å². The summed E-state index contributed by atoms with van der Waals surface area (Å²) in [5, 5.41) is 11.9. The first-order chi connectivity index (χ1) is 13.8. The molecular formula is C20H27N7O. The predicted octanol–water partition coefficient (Wildman–Crippen LogP) is 2.61. The van der Waals surface area contributed by atoms with Gasteiger partial charge in [0.25, 0.3) is 0 Å². The van der Waals surface area contributed by atoms with E-state index in [1.807, 2.05) is 30.3 Å². The molecule has 0 spiro atoms. The molecule has 0 unspecified atom stereocenters. The van der Waals surface area contributed by atoms with Gasteiger partial charge in [0.2, 0.25) is 11.8 Å². The molecule has 28 heavy (non-hydrogen) atoms. The van der Waals surface area contributed by atoms with E-state index in [4.69, 9.17) is 10.00 Å². The van der Waals surface area contributed by atoms with Crippen molar-refractivity contribution in [2.75, 3.05) is 26.5 Å². The Hall–Kier alpha value is -3.51. The third-order valence-corrected chi connectivity index (χ3v) is 2.87. The van der Waals surface area contributed by atoms with Crippen molar-refractivity contribution in [3.05, 3.63) is 72.4 Å². The number of aromatic nitrogens is 2. The number of nitrogens with one attached hydrogen (secondary N) is 1. The quantitative estimate of drug-likeness (QED) is 0.539. The number of ether oxygens (including phenoxy) is 1. The zero-order chi connectivity index (χ0) is 21.2. The van der Waals surface area contributed by atoms with Crippen LogP contribution < -0.4 is 27.3 Å². The average Bonchev–Trinajstić information content (AvgIpc) is 2.79. The number of nitriles is 1. The molecule has 0 fully saturated rings. The molecule has 8 nitrogen and oxygen atoms in total. The van der Waals surface area contributed by atoms with E-state index in [0.717, 1.165) is 5.69 Å². The number of rotatable bonds is 4. The van der Waals surface area contributed by atoms with E-state index in [1.54, 1.807) is 36.5 Å². The Morgan fingerprint density at radius 3 is 2.04 bits per heavy atom. The van der Waals surface area contributed by atoms with E-state index in [9.17, 15) is 0 Å². The zero-order valence-corrected chi connectivity index (χ0v) is 16.3. The van der Waals surface area contributed by atoms with Crippen molar-refractivity contribution in [3.63, 3.8) is 0 Å². The van der Waals surface area contributed by atoms with Gasteiger partial charge in [-0.3, -0.25) is 0 Å². The second-order valence-corrected chi connectivity index (χ2v) is 4.45. The van der Waals surface area contributed by atoms with Crippen LogP contribution in [0.1, 0.15) is 5.56 Å². The molecule has 8 heteroatoms. The van der Waals surface area contributed by atoms with Crippen LogP contribution in [0.25, 0.3) is 0 Å². The summed E-state index contributed by atoms with van der Waals surface area (Å²) in [6.07, 6.45) is 1.62. The fourth-order valence-corrected chi connectivity index (χ4v) is 1.83. The van der Waals surface area contributed by atoms with Gasteiger partial charge < -0.3 is 27.3 Å². The van der Waals surface area contributed by atoms with Crippen LogP contribution >= 0.6 is 0 Å². The SMILES string of the molecule is CN.CN.CN.N#Cc1ccc(Nc2nccc(Oc3ccccc3)n2)cc1. The van der Waals surface area contributed by atoms with E-state index in [1.165, 1.54) is 21.1 Å². The molecule has 148 valence electrons. The van der Waals surface area contributed by atoms with Crippen LogP contribution in [0.4, 0.5) is 11.6 Å². The highest BCUT2D eigenvalue weighted by atomic mass is 16.5. The lowest BCUT2D eigenvalue weighted by Crippen LogP contribution is -1.98. The molecule has 0 radical (unpaired) electrons. The Labute approximate surface area is 166 Å². The minimum Gasteiger partial charge on any atom is -0.439 e. The molecule has 0 saturated heterocycles.